The third kappa shape index (κ3) is 3.81. The molecule has 0 aliphatic heterocycles. The van der Waals surface area contributed by atoms with Crippen LogP contribution in [0.15, 0.2) is 133 Å². The van der Waals surface area contributed by atoms with Gasteiger partial charge in [-0.15, -0.1) is 0 Å². The fraction of sp³-hybridized carbons (Fsp3) is 0. The van der Waals surface area contributed by atoms with E-state index in [4.69, 9.17) is 16.5 Å². The number of para-hydroxylation sites is 3. The lowest BCUT2D eigenvalue weighted by molar-refractivity contribution is 0.979. The molecule has 9 aromatic rings. The lowest BCUT2D eigenvalue weighted by Crippen LogP contribution is -2.06. The van der Waals surface area contributed by atoms with Crippen LogP contribution < -0.4 is 0 Å². The molecule has 212 valence electrons. The van der Waals surface area contributed by atoms with Gasteiger partial charge in [0.15, 0.2) is 5.69 Å². The molecule has 0 spiro atoms. The summed E-state index contributed by atoms with van der Waals surface area (Å²) in [4.78, 5) is 13.9. The minimum Gasteiger partial charge on any atom is -0.279 e. The van der Waals surface area contributed by atoms with E-state index < -0.39 is 0 Å². The number of nitriles is 1. The topological polar surface area (TPSA) is 63.3 Å². The molecule has 0 atom stereocenters. The molecule has 0 aliphatic rings. The van der Waals surface area contributed by atoms with Gasteiger partial charge >= 0.3 is 0 Å². The van der Waals surface area contributed by atoms with Gasteiger partial charge in [0, 0.05) is 16.2 Å². The summed E-state index contributed by atoms with van der Waals surface area (Å²) >= 11 is 0. The zero-order valence-electron chi connectivity index (χ0n) is 24.4. The normalized spacial score (nSPS) is 11.4. The van der Waals surface area contributed by atoms with Crippen LogP contribution in [0.1, 0.15) is 5.56 Å². The second kappa shape index (κ2) is 9.89. The molecular weight excluding hydrogens is 564 g/mol. The fourth-order valence-electron chi connectivity index (χ4n) is 6.54. The Morgan fingerprint density at radius 1 is 0.565 bits per heavy atom. The molecule has 9 rings (SSSR count). The molecule has 0 unspecified atom stereocenters. The van der Waals surface area contributed by atoms with Crippen LogP contribution in [0, 0.1) is 17.9 Å². The van der Waals surface area contributed by atoms with E-state index in [-0.39, 0.29) is 0 Å². The number of nitrogens with zero attached hydrogens (tertiary/aromatic N) is 6. The van der Waals surface area contributed by atoms with Crippen LogP contribution in [0.25, 0.3) is 82.4 Å². The molecule has 3 heterocycles. The lowest BCUT2D eigenvalue weighted by atomic mass is 9.99. The zero-order chi connectivity index (χ0) is 30.8. The van der Waals surface area contributed by atoms with Crippen molar-refractivity contribution in [3.05, 3.63) is 150 Å². The Labute approximate surface area is 263 Å². The van der Waals surface area contributed by atoms with Crippen molar-refractivity contribution < 1.29 is 0 Å². The number of rotatable bonds is 3. The van der Waals surface area contributed by atoms with Gasteiger partial charge in [-0.25, -0.2) is 14.8 Å². The maximum Gasteiger partial charge on any atom is 0.221 e. The summed E-state index contributed by atoms with van der Waals surface area (Å²) in [5.41, 5.74) is 11.2. The zero-order valence-corrected chi connectivity index (χ0v) is 24.4. The van der Waals surface area contributed by atoms with Crippen molar-refractivity contribution >= 4 is 55.1 Å². The van der Waals surface area contributed by atoms with E-state index in [9.17, 15) is 5.26 Å². The number of fused-ring (bicyclic) bond motifs is 8. The number of imidazole rings is 1. The molecule has 0 aliphatic carbocycles. The van der Waals surface area contributed by atoms with Crippen molar-refractivity contribution in [2.24, 2.45) is 0 Å². The first kappa shape index (κ1) is 25.7. The lowest BCUT2D eigenvalue weighted by Gasteiger charge is -2.13. The van der Waals surface area contributed by atoms with Gasteiger partial charge in [-0.3, -0.25) is 8.97 Å². The average Bonchev–Trinajstić information content (AvgIpc) is 3.67. The van der Waals surface area contributed by atoms with E-state index in [2.05, 4.69) is 68.4 Å². The smallest absolute Gasteiger partial charge is 0.221 e. The Hall–Kier alpha value is -6.76. The highest BCUT2D eigenvalue weighted by Gasteiger charge is 2.20. The molecule has 0 bridgehead atoms. The minimum atomic E-state index is 0.618. The summed E-state index contributed by atoms with van der Waals surface area (Å²) in [7, 11) is 0. The summed E-state index contributed by atoms with van der Waals surface area (Å²) < 4.78 is 4.41. The predicted octanol–water partition coefficient (Wildman–Crippen LogP) is 9.89. The summed E-state index contributed by atoms with van der Waals surface area (Å²) in [5.74, 6) is 0.766. The summed E-state index contributed by atoms with van der Waals surface area (Å²) in [6.07, 6.45) is 0. The van der Waals surface area contributed by atoms with Crippen molar-refractivity contribution in [1.29, 1.82) is 5.26 Å². The van der Waals surface area contributed by atoms with E-state index in [1.54, 1.807) is 0 Å². The number of hydrogen-bond acceptors (Lipinski definition) is 3. The number of benzene rings is 6. The summed E-state index contributed by atoms with van der Waals surface area (Å²) in [5, 5.41) is 12.5. The molecule has 0 saturated heterocycles. The van der Waals surface area contributed by atoms with Crippen LogP contribution in [-0.2, 0) is 0 Å². The van der Waals surface area contributed by atoms with Gasteiger partial charge in [-0.2, -0.15) is 5.26 Å². The average molecular weight is 587 g/mol. The van der Waals surface area contributed by atoms with E-state index in [1.807, 2.05) is 84.9 Å². The molecule has 46 heavy (non-hydrogen) atoms. The Balaban J connectivity index is 1.39. The van der Waals surface area contributed by atoms with Crippen LogP contribution in [0.3, 0.4) is 0 Å². The predicted molar refractivity (Wildman–Crippen MR) is 184 cm³/mol. The summed E-state index contributed by atoms with van der Waals surface area (Å²) in [6, 6.07) is 47.0. The third-order valence-corrected chi connectivity index (χ3v) is 8.77. The van der Waals surface area contributed by atoms with Crippen molar-refractivity contribution in [2.75, 3.05) is 0 Å². The van der Waals surface area contributed by atoms with Gasteiger partial charge in [0.1, 0.15) is 5.65 Å². The molecule has 6 aromatic carbocycles. The van der Waals surface area contributed by atoms with Gasteiger partial charge in [-0.05, 0) is 82.9 Å². The van der Waals surface area contributed by atoms with E-state index >= 15 is 0 Å². The van der Waals surface area contributed by atoms with Crippen LogP contribution in [-0.4, -0.2) is 18.9 Å². The second-order valence-electron chi connectivity index (χ2n) is 11.3. The highest BCUT2D eigenvalue weighted by molar-refractivity contribution is 6.12. The highest BCUT2D eigenvalue weighted by atomic mass is 15.2. The van der Waals surface area contributed by atoms with Gasteiger partial charge in [0.25, 0.3) is 0 Å². The monoisotopic (exact) mass is 586 g/mol. The number of aromatic nitrogens is 4. The number of hydrogen-bond donors (Lipinski definition) is 0. The molecule has 0 radical (unpaired) electrons. The van der Waals surface area contributed by atoms with E-state index in [0.29, 0.717) is 11.3 Å². The first-order chi connectivity index (χ1) is 22.7. The van der Waals surface area contributed by atoms with Crippen LogP contribution in [0.5, 0.6) is 0 Å². The Bertz CT molecular complexity index is 2640. The first-order valence-electron chi connectivity index (χ1n) is 14.9. The molecule has 6 nitrogen and oxygen atoms in total. The van der Waals surface area contributed by atoms with Crippen molar-refractivity contribution in [3.8, 4) is 34.3 Å². The fourth-order valence-corrected chi connectivity index (χ4v) is 6.54. The molecule has 0 amide bonds. The van der Waals surface area contributed by atoms with Crippen molar-refractivity contribution in [1.82, 2.24) is 18.9 Å². The Kier molecular flexibility index (Phi) is 5.53. The second-order valence-corrected chi connectivity index (χ2v) is 11.3. The third-order valence-electron chi connectivity index (χ3n) is 8.77. The molecule has 3 aromatic heterocycles. The van der Waals surface area contributed by atoms with Gasteiger partial charge in [-0.1, -0.05) is 72.8 Å². The van der Waals surface area contributed by atoms with Gasteiger partial charge in [0.2, 0.25) is 5.95 Å². The van der Waals surface area contributed by atoms with Crippen molar-refractivity contribution in [2.45, 2.75) is 0 Å². The minimum absolute atomic E-state index is 0.618. The quantitative estimate of drug-likeness (QED) is 0.194. The summed E-state index contributed by atoms with van der Waals surface area (Å²) in [6.45, 7) is 7.36. The molecule has 0 fully saturated rings. The Morgan fingerprint density at radius 3 is 1.80 bits per heavy atom. The maximum atomic E-state index is 9.33. The van der Waals surface area contributed by atoms with Gasteiger partial charge in [0.05, 0.1) is 45.8 Å². The first-order valence-corrected chi connectivity index (χ1v) is 14.9. The molecule has 0 N–H and O–H groups in total. The van der Waals surface area contributed by atoms with Crippen LogP contribution in [0.4, 0.5) is 5.69 Å². The standard InChI is InChI=1S/C40H22N6/c1-42-30-18-14-27(15-19-30)29-17-21-37-33(23-29)32-22-28(26-12-10-25(24-41)11-13-26)16-20-36(32)45(37)40-44-34-7-3-2-6-31(34)39-43-35-8-4-5-9-38(35)46(39)40/h2-23H. The Morgan fingerprint density at radius 2 is 1.15 bits per heavy atom. The van der Waals surface area contributed by atoms with Crippen LogP contribution in [0.2, 0.25) is 0 Å². The van der Waals surface area contributed by atoms with Gasteiger partial charge < -0.3 is 0 Å². The van der Waals surface area contributed by atoms with E-state index in [1.165, 1.54) is 0 Å². The van der Waals surface area contributed by atoms with Crippen LogP contribution >= 0.6 is 0 Å². The van der Waals surface area contributed by atoms with E-state index in [0.717, 1.165) is 77.6 Å². The largest absolute Gasteiger partial charge is 0.279 e. The SMILES string of the molecule is [C-]#[N+]c1ccc(-c2ccc3c(c2)c2cc(-c4ccc(C#N)cc4)ccc2n3-c2nc3ccccc3c3nc4ccccc4n23)cc1. The molecule has 6 heteroatoms. The highest BCUT2D eigenvalue weighted by Crippen LogP contribution is 2.38. The maximum absolute atomic E-state index is 9.33. The van der Waals surface area contributed by atoms with Crippen molar-refractivity contribution in [3.63, 3.8) is 0 Å². The molecular formula is C40H22N6. The molecule has 0 saturated carbocycles.